The van der Waals surface area contributed by atoms with Crippen LogP contribution >= 0.6 is 0 Å². The van der Waals surface area contributed by atoms with Gasteiger partial charge in [-0.15, -0.1) is 0 Å². The molecule has 1 N–H and O–H groups in total. The smallest absolute Gasteiger partial charge is 0.303 e. The minimum Gasteiger partial charge on any atom is -0.481 e. The van der Waals surface area contributed by atoms with Crippen LogP contribution in [-0.4, -0.2) is 35.0 Å². The molecular weight excluding hydrogens is 194 g/mol. The maximum Gasteiger partial charge on any atom is 0.303 e. The van der Waals surface area contributed by atoms with E-state index in [1.165, 1.54) is 0 Å². The normalized spacial score (nSPS) is 20.3. The zero-order chi connectivity index (χ0) is 11.3. The Morgan fingerprint density at radius 3 is 2.87 bits per heavy atom. The van der Waals surface area contributed by atoms with Gasteiger partial charge < -0.3 is 10.0 Å². The quantitative estimate of drug-likeness (QED) is 0.682. The number of aliphatic carboxylic acids is 1. The van der Waals surface area contributed by atoms with Gasteiger partial charge in [-0.3, -0.25) is 9.59 Å². The van der Waals surface area contributed by atoms with E-state index in [9.17, 15) is 9.59 Å². The standard InChI is InChI=1S/C11H15NO3/c1-2-4-10(13)12-6-3-5-9(8-12)7-11(14)15/h9H,3,5-8H2,1H3,(H,14,15). The van der Waals surface area contributed by atoms with Gasteiger partial charge in [0.1, 0.15) is 0 Å². The number of piperidine rings is 1. The third kappa shape index (κ3) is 3.62. The van der Waals surface area contributed by atoms with Gasteiger partial charge in [-0.2, -0.15) is 0 Å². The van der Waals surface area contributed by atoms with Crippen molar-refractivity contribution in [3.05, 3.63) is 0 Å². The molecule has 0 aliphatic carbocycles. The fourth-order valence-electron chi connectivity index (χ4n) is 1.85. The predicted molar refractivity (Wildman–Crippen MR) is 55.0 cm³/mol. The van der Waals surface area contributed by atoms with Gasteiger partial charge in [0, 0.05) is 19.5 Å². The highest BCUT2D eigenvalue weighted by Crippen LogP contribution is 2.19. The lowest BCUT2D eigenvalue weighted by Crippen LogP contribution is -2.39. The number of hydrogen-bond donors (Lipinski definition) is 1. The zero-order valence-electron chi connectivity index (χ0n) is 8.82. The van der Waals surface area contributed by atoms with Gasteiger partial charge in [0.25, 0.3) is 5.91 Å². The first-order valence-corrected chi connectivity index (χ1v) is 5.07. The number of rotatable bonds is 2. The molecule has 0 spiro atoms. The Hall–Kier alpha value is -1.50. The van der Waals surface area contributed by atoms with Crippen molar-refractivity contribution in [2.45, 2.75) is 26.2 Å². The van der Waals surface area contributed by atoms with E-state index < -0.39 is 5.97 Å². The van der Waals surface area contributed by atoms with Gasteiger partial charge in [0.15, 0.2) is 0 Å². The van der Waals surface area contributed by atoms with E-state index >= 15 is 0 Å². The molecule has 1 heterocycles. The lowest BCUT2D eigenvalue weighted by atomic mass is 9.95. The third-order valence-corrected chi connectivity index (χ3v) is 2.50. The average molecular weight is 209 g/mol. The predicted octanol–water partition coefficient (Wildman–Crippen LogP) is 0.723. The SMILES string of the molecule is CC#CC(=O)N1CCCC(CC(=O)O)C1. The van der Waals surface area contributed by atoms with E-state index in [0.29, 0.717) is 13.1 Å². The van der Waals surface area contributed by atoms with Crippen molar-refractivity contribution in [2.24, 2.45) is 5.92 Å². The van der Waals surface area contributed by atoms with Crippen LogP contribution in [0.2, 0.25) is 0 Å². The van der Waals surface area contributed by atoms with Gasteiger partial charge in [-0.25, -0.2) is 0 Å². The first kappa shape index (κ1) is 11.6. The summed E-state index contributed by atoms with van der Waals surface area (Å²) in [5, 5.41) is 8.66. The van der Waals surface area contributed by atoms with Crippen LogP contribution < -0.4 is 0 Å². The fourth-order valence-corrected chi connectivity index (χ4v) is 1.85. The molecule has 82 valence electrons. The average Bonchev–Trinajstić information content (AvgIpc) is 2.17. The Bertz CT molecular complexity index is 314. The fraction of sp³-hybridized carbons (Fsp3) is 0.636. The third-order valence-electron chi connectivity index (χ3n) is 2.50. The molecule has 0 aromatic carbocycles. The molecule has 0 aromatic rings. The van der Waals surface area contributed by atoms with Crippen LogP contribution in [0, 0.1) is 17.8 Å². The first-order chi connectivity index (χ1) is 7.13. The van der Waals surface area contributed by atoms with Crippen LogP contribution in [0.25, 0.3) is 0 Å². The molecule has 1 fully saturated rings. The molecule has 0 radical (unpaired) electrons. The Balaban J connectivity index is 2.50. The molecule has 0 aromatic heterocycles. The number of likely N-dealkylation sites (tertiary alicyclic amines) is 1. The second-order valence-corrected chi connectivity index (χ2v) is 3.73. The minimum absolute atomic E-state index is 0.0823. The number of carboxylic acids is 1. The van der Waals surface area contributed by atoms with Gasteiger partial charge in [-0.1, -0.05) is 5.92 Å². The first-order valence-electron chi connectivity index (χ1n) is 5.07. The molecule has 1 rings (SSSR count). The monoisotopic (exact) mass is 209 g/mol. The number of carbonyl (C=O) groups excluding carboxylic acids is 1. The van der Waals surface area contributed by atoms with Crippen molar-refractivity contribution in [3.8, 4) is 11.8 Å². The van der Waals surface area contributed by atoms with Crippen molar-refractivity contribution < 1.29 is 14.7 Å². The molecule has 1 amide bonds. The van der Waals surface area contributed by atoms with E-state index in [1.807, 2.05) is 0 Å². The van der Waals surface area contributed by atoms with Crippen LogP contribution in [0.4, 0.5) is 0 Å². The zero-order valence-corrected chi connectivity index (χ0v) is 8.82. The van der Waals surface area contributed by atoms with Crippen molar-refractivity contribution in [1.82, 2.24) is 4.90 Å². The summed E-state index contributed by atoms with van der Waals surface area (Å²) in [5.41, 5.74) is 0. The summed E-state index contributed by atoms with van der Waals surface area (Å²) in [4.78, 5) is 23.6. The Morgan fingerprint density at radius 1 is 1.53 bits per heavy atom. The molecule has 15 heavy (non-hydrogen) atoms. The Morgan fingerprint density at radius 2 is 2.27 bits per heavy atom. The lowest BCUT2D eigenvalue weighted by molar-refractivity contribution is -0.139. The van der Waals surface area contributed by atoms with Crippen molar-refractivity contribution in [1.29, 1.82) is 0 Å². The highest BCUT2D eigenvalue weighted by Gasteiger charge is 2.24. The largest absolute Gasteiger partial charge is 0.481 e. The van der Waals surface area contributed by atoms with Crippen LogP contribution in [0.15, 0.2) is 0 Å². The summed E-state index contributed by atoms with van der Waals surface area (Å²) in [7, 11) is 0. The summed E-state index contributed by atoms with van der Waals surface area (Å²) in [6, 6.07) is 0. The number of carboxylic acid groups (broad SMARTS) is 1. The summed E-state index contributed by atoms with van der Waals surface area (Å²) in [6.45, 7) is 2.85. The van der Waals surface area contributed by atoms with E-state index in [-0.39, 0.29) is 18.2 Å². The van der Waals surface area contributed by atoms with Crippen molar-refractivity contribution in [2.75, 3.05) is 13.1 Å². The van der Waals surface area contributed by atoms with E-state index in [2.05, 4.69) is 11.8 Å². The molecular formula is C11H15NO3. The molecule has 1 aliphatic heterocycles. The maximum atomic E-state index is 11.4. The van der Waals surface area contributed by atoms with Gasteiger partial charge in [-0.05, 0) is 31.6 Å². The van der Waals surface area contributed by atoms with Crippen LogP contribution in [0.1, 0.15) is 26.2 Å². The number of carbonyl (C=O) groups is 2. The van der Waals surface area contributed by atoms with Crippen molar-refractivity contribution in [3.63, 3.8) is 0 Å². The Labute approximate surface area is 89.3 Å². The van der Waals surface area contributed by atoms with Crippen molar-refractivity contribution >= 4 is 11.9 Å². The topological polar surface area (TPSA) is 57.6 Å². The highest BCUT2D eigenvalue weighted by atomic mass is 16.4. The molecule has 4 heteroatoms. The minimum atomic E-state index is -0.795. The summed E-state index contributed by atoms with van der Waals surface area (Å²) < 4.78 is 0. The molecule has 1 aliphatic rings. The van der Waals surface area contributed by atoms with Crippen LogP contribution in [0.3, 0.4) is 0 Å². The highest BCUT2D eigenvalue weighted by molar-refractivity contribution is 5.93. The molecule has 4 nitrogen and oxygen atoms in total. The number of nitrogens with zero attached hydrogens (tertiary/aromatic N) is 1. The number of amides is 1. The molecule has 0 saturated carbocycles. The maximum absolute atomic E-state index is 11.4. The van der Waals surface area contributed by atoms with Crippen LogP contribution in [-0.2, 0) is 9.59 Å². The second kappa shape index (κ2) is 5.40. The summed E-state index contributed by atoms with van der Waals surface area (Å²) in [5.74, 6) is 4.14. The van der Waals surface area contributed by atoms with E-state index in [1.54, 1.807) is 11.8 Å². The molecule has 1 atom stereocenters. The molecule has 1 saturated heterocycles. The van der Waals surface area contributed by atoms with E-state index in [0.717, 1.165) is 12.8 Å². The Kier molecular flexibility index (Phi) is 4.17. The summed E-state index contributed by atoms with van der Waals surface area (Å²) in [6.07, 6.45) is 1.90. The van der Waals surface area contributed by atoms with E-state index in [4.69, 9.17) is 5.11 Å². The van der Waals surface area contributed by atoms with Gasteiger partial charge in [0.05, 0.1) is 0 Å². The molecule has 1 unspecified atom stereocenters. The van der Waals surface area contributed by atoms with Gasteiger partial charge >= 0.3 is 5.97 Å². The lowest BCUT2D eigenvalue weighted by Gasteiger charge is -2.30. The molecule has 0 bridgehead atoms. The number of hydrogen-bond acceptors (Lipinski definition) is 2. The summed E-state index contributed by atoms with van der Waals surface area (Å²) >= 11 is 0. The van der Waals surface area contributed by atoms with Gasteiger partial charge in [0.2, 0.25) is 0 Å². The van der Waals surface area contributed by atoms with Crippen LogP contribution in [0.5, 0.6) is 0 Å². The second-order valence-electron chi connectivity index (χ2n) is 3.73.